The number of nitrogens with one attached hydrogen (secondary N) is 1. The number of hydrogen-bond donors (Lipinski definition) is 2. The average Bonchev–Trinajstić information content (AvgIpc) is 3.37. The van der Waals surface area contributed by atoms with Crippen LogP contribution in [0.3, 0.4) is 0 Å². The number of aryl methyl sites for hydroxylation is 1. The Bertz CT molecular complexity index is 1480. The van der Waals surface area contributed by atoms with Gasteiger partial charge >= 0.3 is 5.97 Å². The Hall–Kier alpha value is -3.26. The average molecular weight is 482 g/mol. The Balaban J connectivity index is 1.91. The summed E-state index contributed by atoms with van der Waals surface area (Å²) in [5.41, 5.74) is 2.36. The van der Waals surface area contributed by atoms with E-state index in [1.54, 1.807) is 39.3 Å². The van der Waals surface area contributed by atoms with Gasteiger partial charge in [-0.1, -0.05) is 13.8 Å². The van der Waals surface area contributed by atoms with Crippen LogP contribution in [0.25, 0.3) is 27.5 Å². The normalized spacial score (nSPS) is 20.5. The molecule has 35 heavy (non-hydrogen) atoms. The zero-order valence-corrected chi connectivity index (χ0v) is 20.5. The van der Waals surface area contributed by atoms with Gasteiger partial charge < -0.3 is 14.4 Å². The smallest absolute Gasteiger partial charge is 0.309 e. The molecule has 2 aromatic carbocycles. The van der Waals surface area contributed by atoms with Crippen molar-refractivity contribution in [3.8, 4) is 5.69 Å². The third kappa shape index (κ3) is 3.45. The molecule has 0 radical (unpaired) electrons. The van der Waals surface area contributed by atoms with Crippen molar-refractivity contribution in [3.05, 3.63) is 58.9 Å². The highest BCUT2D eigenvalue weighted by atomic mass is 19.1. The lowest BCUT2D eigenvalue weighted by Crippen LogP contribution is -2.41. The van der Waals surface area contributed by atoms with E-state index in [0.717, 1.165) is 11.3 Å². The number of halogens is 2. The highest BCUT2D eigenvalue weighted by molar-refractivity contribution is 6.00. The largest absolute Gasteiger partial charge is 0.481 e. The van der Waals surface area contributed by atoms with Crippen molar-refractivity contribution >= 4 is 27.8 Å². The molecule has 0 aliphatic heterocycles. The zero-order chi connectivity index (χ0) is 25.3. The van der Waals surface area contributed by atoms with E-state index < -0.39 is 22.6 Å². The van der Waals surface area contributed by atoms with Crippen LogP contribution in [0.2, 0.25) is 0 Å². The molecule has 1 saturated carbocycles. The molecular weight excluding hydrogens is 452 g/mol. The fourth-order valence-electron chi connectivity index (χ4n) is 5.77. The van der Waals surface area contributed by atoms with Crippen LogP contribution in [-0.2, 0) is 14.9 Å². The number of carbonyl (C=O) groups is 1. The first-order chi connectivity index (χ1) is 16.5. The second-order valence-corrected chi connectivity index (χ2v) is 10.7. The van der Waals surface area contributed by atoms with Crippen molar-refractivity contribution in [2.75, 3.05) is 13.7 Å². The number of aromatic nitrogens is 3. The van der Waals surface area contributed by atoms with Crippen LogP contribution in [-0.4, -0.2) is 39.6 Å². The molecule has 5 rings (SSSR count). The number of aliphatic carboxylic acids is 1. The van der Waals surface area contributed by atoms with Crippen molar-refractivity contribution in [2.24, 2.45) is 5.41 Å². The van der Waals surface area contributed by atoms with E-state index in [9.17, 15) is 14.3 Å². The summed E-state index contributed by atoms with van der Waals surface area (Å²) in [5, 5.41) is 17.6. The number of benzene rings is 2. The number of carboxylic acid groups (broad SMARTS) is 1. The minimum Gasteiger partial charge on any atom is -0.481 e. The summed E-state index contributed by atoms with van der Waals surface area (Å²) in [6.07, 6.45) is 2.39. The summed E-state index contributed by atoms with van der Waals surface area (Å²) in [7, 11) is 1.62. The Morgan fingerprint density at radius 3 is 2.66 bits per heavy atom. The Kier molecular flexibility index (Phi) is 5.29. The van der Waals surface area contributed by atoms with Crippen LogP contribution in [0.4, 0.5) is 8.78 Å². The van der Waals surface area contributed by atoms with E-state index in [1.165, 1.54) is 6.07 Å². The Morgan fingerprint density at radius 1 is 1.31 bits per heavy atom. The van der Waals surface area contributed by atoms with Gasteiger partial charge in [0.1, 0.15) is 11.3 Å². The lowest BCUT2D eigenvalue weighted by atomic mass is 9.60. The number of methoxy groups -OCH3 is 1. The molecule has 184 valence electrons. The molecule has 1 aliphatic carbocycles. The number of rotatable bonds is 6. The Labute approximate surface area is 201 Å². The van der Waals surface area contributed by atoms with Gasteiger partial charge in [-0.25, -0.2) is 8.78 Å². The molecule has 0 bridgehead atoms. The number of ether oxygens (including phenoxy) is 1. The van der Waals surface area contributed by atoms with Gasteiger partial charge in [-0.3, -0.25) is 9.89 Å². The third-order valence-corrected chi connectivity index (χ3v) is 7.51. The van der Waals surface area contributed by atoms with Crippen LogP contribution < -0.4 is 0 Å². The molecule has 2 aromatic heterocycles. The monoisotopic (exact) mass is 481 g/mol. The van der Waals surface area contributed by atoms with E-state index in [-0.39, 0.29) is 11.7 Å². The summed E-state index contributed by atoms with van der Waals surface area (Å²) >= 11 is 0. The van der Waals surface area contributed by atoms with E-state index in [2.05, 4.69) is 10.2 Å². The molecule has 8 heteroatoms. The van der Waals surface area contributed by atoms with E-state index in [4.69, 9.17) is 4.74 Å². The minimum atomic E-state index is -0.858. The predicted molar refractivity (Wildman–Crippen MR) is 130 cm³/mol. The fourth-order valence-corrected chi connectivity index (χ4v) is 5.77. The SMILES string of the molecule is COCC(C)(C)c1c([C@H]2C[C@](C)(C(=O)O)C2)c2c(F)c3[nH]ncc3cc2n1-c1ccc(F)c(C)c1. The minimum absolute atomic E-state index is 0.151. The number of fused-ring (bicyclic) bond motifs is 2. The maximum atomic E-state index is 16.2. The summed E-state index contributed by atoms with van der Waals surface area (Å²) in [4.78, 5) is 11.9. The molecule has 0 unspecified atom stereocenters. The summed E-state index contributed by atoms with van der Waals surface area (Å²) in [6, 6.07) is 6.75. The number of hydrogen-bond acceptors (Lipinski definition) is 3. The van der Waals surface area contributed by atoms with Gasteiger partial charge in [0.2, 0.25) is 0 Å². The Morgan fingerprint density at radius 2 is 2.03 bits per heavy atom. The standard InChI is InChI=1S/C27H29F2N3O3/c1-14-8-17(6-7-18(14)28)32-19-9-15-12-30-31-23(15)22(29)21(19)20(24(32)26(2,3)13-35-5)16-10-27(4,11-16)25(33)34/h6-9,12,16H,10-11,13H2,1-5H3,(H,30,31)(H,33,34)/t16-,27-. The summed E-state index contributed by atoms with van der Waals surface area (Å²) in [6.45, 7) is 7.85. The highest BCUT2D eigenvalue weighted by Crippen LogP contribution is 2.56. The number of H-pyrrole nitrogens is 1. The van der Waals surface area contributed by atoms with Gasteiger partial charge in [-0.2, -0.15) is 5.10 Å². The van der Waals surface area contributed by atoms with Gasteiger partial charge in [-0.05, 0) is 68.0 Å². The quantitative estimate of drug-likeness (QED) is 0.355. The molecule has 2 heterocycles. The number of aromatic amines is 1. The molecule has 0 saturated heterocycles. The maximum absolute atomic E-state index is 16.2. The van der Waals surface area contributed by atoms with Crippen LogP contribution in [0, 0.1) is 24.0 Å². The van der Waals surface area contributed by atoms with Gasteiger partial charge in [0.05, 0.1) is 23.7 Å². The maximum Gasteiger partial charge on any atom is 0.309 e. The van der Waals surface area contributed by atoms with E-state index in [0.29, 0.717) is 52.5 Å². The molecule has 2 N–H and O–H groups in total. The first-order valence-electron chi connectivity index (χ1n) is 11.7. The van der Waals surface area contributed by atoms with Crippen molar-refractivity contribution in [1.29, 1.82) is 0 Å². The van der Waals surface area contributed by atoms with Crippen molar-refractivity contribution in [2.45, 2.75) is 51.9 Å². The van der Waals surface area contributed by atoms with Gasteiger partial charge in [0, 0.05) is 34.7 Å². The van der Waals surface area contributed by atoms with Crippen molar-refractivity contribution < 1.29 is 23.4 Å². The lowest BCUT2D eigenvalue weighted by Gasteiger charge is -2.43. The number of nitrogens with zero attached hydrogens (tertiary/aromatic N) is 2. The van der Waals surface area contributed by atoms with Crippen LogP contribution in [0.1, 0.15) is 56.4 Å². The van der Waals surface area contributed by atoms with Crippen LogP contribution >= 0.6 is 0 Å². The first-order valence-corrected chi connectivity index (χ1v) is 11.7. The molecule has 0 amide bonds. The molecule has 1 aliphatic rings. The topological polar surface area (TPSA) is 80.1 Å². The predicted octanol–water partition coefficient (Wildman–Crippen LogP) is 5.99. The van der Waals surface area contributed by atoms with E-state index >= 15 is 4.39 Å². The van der Waals surface area contributed by atoms with E-state index in [1.807, 2.05) is 24.5 Å². The molecule has 1 fully saturated rings. The first kappa shape index (κ1) is 23.5. The third-order valence-electron chi connectivity index (χ3n) is 7.51. The van der Waals surface area contributed by atoms with Gasteiger partial charge in [-0.15, -0.1) is 0 Å². The second-order valence-electron chi connectivity index (χ2n) is 10.7. The zero-order valence-electron chi connectivity index (χ0n) is 20.5. The molecule has 0 spiro atoms. The highest BCUT2D eigenvalue weighted by Gasteiger charge is 2.50. The van der Waals surface area contributed by atoms with Crippen molar-refractivity contribution in [1.82, 2.24) is 14.8 Å². The molecule has 6 nitrogen and oxygen atoms in total. The fraction of sp³-hybridized carbons (Fsp3) is 0.407. The van der Waals surface area contributed by atoms with Gasteiger partial charge in [0.15, 0.2) is 5.82 Å². The number of carboxylic acids is 1. The van der Waals surface area contributed by atoms with Crippen molar-refractivity contribution in [3.63, 3.8) is 0 Å². The lowest BCUT2D eigenvalue weighted by molar-refractivity contribution is -0.154. The molecule has 0 atom stereocenters. The molecular formula is C27H29F2N3O3. The summed E-state index contributed by atoms with van der Waals surface area (Å²) in [5.74, 6) is -1.73. The van der Waals surface area contributed by atoms with Gasteiger partial charge in [0.25, 0.3) is 0 Å². The molecule has 4 aromatic rings. The second kappa shape index (κ2) is 7.88. The van der Waals surface area contributed by atoms with Crippen LogP contribution in [0.15, 0.2) is 30.5 Å². The summed E-state index contributed by atoms with van der Waals surface area (Å²) < 4.78 is 37.9. The van der Waals surface area contributed by atoms with Crippen LogP contribution in [0.5, 0.6) is 0 Å².